The zero-order valence-electron chi connectivity index (χ0n) is 21.5. The van der Waals surface area contributed by atoms with E-state index in [0.717, 1.165) is 47.5 Å². The monoisotopic (exact) mass is 508 g/mol. The molecule has 0 spiro atoms. The second kappa shape index (κ2) is 14.8. The van der Waals surface area contributed by atoms with Crippen molar-refractivity contribution in [3.05, 3.63) is 47.1 Å². The van der Waals surface area contributed by atoms with Crippen molar-refractivity contribution in [2.24, 2.45) is 5.92 Å². The Morgan fingerprint density at radius 3 is 2.24 bits per heavy atom. The molecule has 0 heterocycles. The first-order valence-electron chi connectivity index (χ1n) is 11.8. The number of hydrogen-bond donors (Lipinski definition) is 0. The molecule has 0 aromatic heterocycles. The molecule has 190 valence electrons. The van der Waals surface area contributed by atoms with Gasteiger partial charge in [-0.15, -0.1) is 0 Å². The minimum absolute atomic E-state index is 0.0870. The lowest BCUT2D eigenvalue weighted by Crippen LogP contribution is -2.34. The van der Waals surface area contributed by atoms with E-state index < -0.39 is 0 Å². The van der Waals surface area contributed by atoms with Gasteiger partial charge in [-0.3, -0.25) is 0 Å². The summed E-state index contributed by atoms with van der Waals surface area (Å²) >= 11 is 6.90. The van der Waals surface area contributed by atoms with E-state index in [1.807, 2.05) is 6.26 Å². The van der Waals surface area contributed by atoms with Crippen LogP contribution in [-0.4, -0.2) is 44.5 Å². The van der Waals surface area contributed by atoms with Crippen molar-refractivity contribution >= 4 is 28.4 Å². The standard InChI is InChI=1S/C27H40O5S2/c1-8-9-10-11-20-14-22(30-16-28-5)25(23(15-20)31-17-29-6)24-21(18(2)3)13-12-19(4)26(24)32-27(33)34-7/h12,14-15,21,24,26H,2,8-11,13,16-17H2,1,3-7H3/t21-,24+,26?/m0/s1. The number of benzene rings is 1. The summed E-state index contributed by atoms with van der Waals surface area (Å²) in [5, 5.41) is 0. The van der Waals surface area contributed by atoms with Gasteiger partial charge in [0.1, 0.15) is 17.6 Å². The van der Waals surface area contributed by atoms with Gasteiger partial charge in [-0.2, -0.15) is 0 Å². The predicted molar refractivity (Wildman–Crippen MR) is 145 cm³/mol. The van der Waals surface area contributed by atoms with Gasteiger partial charge in [0.05, 0.1) is 0 Å². The van der Waals surface area contributed by atoms with Gasteiger partial charge in [0.2, 0.25) is 4.38 Å². The molecule has 0 bridgehead atoms. The number of thiocarbonyl (C=S) groups is 1. The Kier molecular flexibility index (Phi) is 12.5. The fraction of sp³-hybridized carbons (Fsp3) is 0.593. The largest absolute Gasteiger partial charge is 0.470 e. The van der Waals surface area contributed by atoms with Gasteiger partial charge in [-0.05, 0) is 80.8 Å². The van der Waals surface area contributed by atoms with Crippen LogP contribution in [0.15, 0.2) is 35.9 Å². The molecular formula is C27H40O5S2. The van der Waals surface area contributed by atoms with Crippen molar-refractivity contribution in [2.75, 3.05) is 34.1 Å². The molecule has 3 atom stereocenters. The number of rotatable bonds is 13. The molecule has 0 saturated heterocycles. The lowest BCUT2D eigenvalue weighted by molar-refractivity contribution is 0.0418. The van der Waals surface area contributed by atoms with Gasteiger partial charge in [-0.25, -0.2) is 0 Å². The van der Waals surface area contributed by atoms with E-state index in [2.05, 4.69) is 45.6 Å². The summed E-state index contributed by atoms with van der Waals surface area (Å²) in [4.78, 5) is 0. The molecule has 1 unspecified atom stereocenters. The molecule has 34 heavy (non-hydrogen) atoms. The summed E-state index contributed by atoms with van der Waals surface area (Å²) in [7, 11) is 3.25. The molecule has 1 aliphatic carbocycles. The minimum atomic E-state index is -0.254. The maximum atomic E-state index is 6.34. The van der Waals surface area contributed by atoms with Gasteiger partial charge in [0.25, 0.3) is 0 Å². The highest BCUT2D eigenvalue weighted by Gasteiger charge is 2.41. The molecule has 2 rings (SSSR count). The Balaban J connectivity index is 2.69. The molecular weight excluding hydrogens is 468 g/mol. The highest BCUT2D eigenvalue weighted by molar-refractivity contribution is 8.22. The molecule has 5 nitrogen and oxygen atoms in total. The molecule has 0 aliphatic heterocycles. The Bertz CT molecular complexity index is 822. The number of allylic oxidation sites excluding steroid dienone is 2. The van der Waals surface area contributed by atoms with Crippen LogP contribution in [0.1, 0.15) is 63.5 Å². The second-order valence-corrected chi connectivity index (χ2v) is 10.1. The molecule has 0 fully saturated rings. The predicted octanol–water partition coefficient (Wildman–Crippen LogP) is 7.04. The highest BCUT2D eigenvalue weighted by atomic mass is 32.2. The summed E-state index contributed by atoms with van der Waals surface area (Å²) < 4.78 is 29.7. The number of hydrogen-bond acceptors (Lipinski definition) is 7. The smallest absolute Gasteiger partial charge is 0.220 e. The molecule has 1 aromatic rings. The Morgan fingerprint density at radius 1 is 1.12 bits per heavy atom. The third-order valence-corrected chi connectivity index (χ3v) is 7.18. The first-order valence-corrected chi connectivity index (χ1v) is 13.5. The van der Waals surface area contributed by atoms with Gasteiger partial charge < -0.3 is 23.7 Å². The molecule has 1 aromatic carbocycles. The lowest BCUT2D eigenvalue weighted by atomic mass is 9.70. The average molecular weight is 509 g/mol. The van der Waals surface area contributed by atoms with E-state index in [1.54, 1.807) is 14.2 Å². The molecule has 0 N–H and O–H groups in total. The van der Waals surface area contributed by atoms with Crippen LogP contribution in [0.3, 0.4) is 0 Å². The quantitative estimate of drug-likeness (QED) is 0.122. The zero-order valence-corrected chi connectivity index (χ0v) is 23.1. The van der Waals surface area contributed by atoms with E-state index in [0.29, 0.717) is 4.38 Å². The van der Waals surface area contributed by atoms with Crippen molar-refractivity contribution in [3.8, 4) is 11.5 Å². The van der Waals surface area contributed by atoms with Crippen LogP contribution in [0.5, 0.6) is 11.5 Å². The zero-order chi connectivity index (χ0) is 25.1. The topological polar surface area (TPSA) is 46.2 Å². The van der Waals surface area contributed by atoms with Gasteiger partial charge >= 0.3 is 0 Å². The summed E-state index contributed by atoms with van der Waals surface area (Å²) in [6.45, 7) is 11.0. The molecule has 7 heteroatoms. The van der Waals surface area contributed by atoms with Crippen LogP contribution in [-0.2, 0) is 20.6 Å². The van der Waals surface area contributed by atoms with E-state index in [4.69, 9.17) is 35.9 Å². The van der Waals surface area contributed by atoms with Crippen LogP contribution in [0.4, 0.5) is 0 Å². The number of thioether (sulfide) groups is 1. The third kappa shape index (κ3) is 7.74. The normalized spacial score (nSPS) is 19.9. The van der Waals surface area contributed by atoms with E-state index in [9.17, 15) is 0 Å². The third-order valence-electron chi connectivity index (χ3n) is 6.16. The molecule has 0 saturated carbocycles. The average Bonchev–Trinajstić information content (AvgIpc) is 2.82. The van der Waals surface area contributed by atoms with Crippen molar-refractivity contribution < 1.29 is 23.7 Å². The Morgan fingerprint density at radius 2 is 1.74 bits per heavy atom. The molecule has 0 radical (unpaired) electrons. The fourth-order valence-electron chi connectivity index (χ4n) is 4.44. The van der Waals surface area contributed by atoms with Crippen molar-refractivity contribution in [2.45, 2.75) is 64.9 Å². The van der Waals surface area contributed by atoms with Crippen LogP contribution in [0.2, 0.25) is 0 Å². The minimum Gasteiger partial charge on any atom is -0.470 e. The fourth-order valence-corrected chi connectivity index (χ4v) is 4.74. The molecule has 0 amide bonds. The summed E-state index contributed by atoms with van der Waals surface area (Å²) in [5.41, 5.74) is 4.34. The van der Waals surface area contributed by atoms with Gasteiger partial charge in [0, 0.05) is 25.7 Å². The lowest BCUT2D eigenvalue weighted by Gasteiger charge is -2.39. The van der Waals surface area contributed by atoms with Crippen LogP contribution in [0.25, 0.3) is 0 Å². The first kappa shape index (κ1) is 28.7. The van der Waals surface area contributed by atoms with Crippen molar-refractivity contribution in [3.63, 3.8) is 0 Å². The second-order valence-electron chi connectivity index (χ2n) is 8.72. The van der Waals surface area contributed by atoms with E-state index >= 15 is 0 Å². The van der Waals surface area contributed by atoms with Gasteiger partial charge in [-0.1, -0.05) is 49.8 Å². The van der Waals surface area contributed by atoms with Gasteiger partial charge in [0.15, 0.2) is 13.6 Å². The summed E-state index contributed by atoms with van der Waals surface area (Å²) in [5.74, 6) is 1.54. The number of aryl methyl sites for hydroxylation is 1. The maximum absolute atomic E-state index is 6.34. The number of unbranched alkanes of at least 4 members (excludes halogenated alkanes) is 2. The van der Waals surface area contributed by atoms with Crippen LogP contribution >= 0.6 is 24.0 Å². The van der Waals surface area contributed by atoms with Crippen molar-refractivity contribution in [1.82, 2.24) is 0 Å². The number of ether oxygens (including phenoxy) is 5. The SMILES string of the molecule is C=C(C)[C@@H]1CC=C(C)C(OC(=S)SC)[C@H]1c1c(OCOC)cc(CCCCC)cc1OCOC. The van der Waals surface area contributed by atoms with E-state index in [1.165, 1.54) is 30.2 Å². The molecule has 1 aliphatic rings. The van der Waals surface area contributed by atoms with E-state index in [-0.39, 0.29) is 31.5 Å². The summed E-state index contributed by atoms with van der Waals surface area (Å²) in [6, 6.07) is 4.24. The van der Waals surface area contributed by atoms with Crippen molar-refractivity contribution in [1.29, 1.82) is 0 Å². The first-order chi connectivity index (χ1) is 16.4. The summed E-state index contributed by atoms with van der Waals surface area (Å²) in [6.07, 6.45) is 9.17. The maximum Gasteiger partial charge on any atom is 0.220 e. The van der Waals surface area contributed by atoms with Crippen LogP contribution in [0, 0.1) is 5.92 Å². The Labute approximate surface area is 215 Å². The highest BCUT2D eigenvalue weighted by Crippen LogP contribution is 2.49. The van der Waals surface area contributed by atoms with Crippen LogP contribution < -0.4 is 9.47 Å². The number of methoxy groups -OCH3 is 2. The Hall–Kier alpha value is -1.54.